The predicted molar refractivity (Wildman–Crippen MR) is 54.9 cm³/mol. The summed E-state index contributed by atoms with van der Waals surface area (Å²) in [7, 11) is 0. The second-order valence-corrected chi connectivity index (χ2v) is 3.66. The van der Waals surface area contributed by atoms with Gasteiger partial charge in [-0.15, -0.1) is 0 Å². The lowest BCUT2D eigenvalue weighted by atomic mass is 9.95. The quantitative estimate of drug-likeness (QED) is 0.570. The van der Waals surface area contributed by atoms with Crippen molar-refractivity contribution in [1.82, 2.24) is 15.2 Å². The van der Waals surface area contributed by atoms with Crippen molar-refractivity contribution in [3.8, 4) is 5.75 Å². The highest BCUT2D eigenvalue weighted by molar-refractivity contribution is 5.82. The summed E-state index contributed by atoms with van der Waals surface area (Å²) in [4.78, 5) is 15.7. The molecule has 2 heterocycles. The topological polar surface area (TPSA) is 67.9 Å². The lowest BCUT2D eigenvalue weighted by molar-refractivity contribution is -0.137. The van der Waals surface area contributed by atoms with Gasteiger partial charge < -0.3 is 4.74 Å². The van der Waals surface area contributed by atoms with Gasteiger partial charge in [-0.3, -0.25) is 9.89 Å². The molecule has 0 saturated heterocycles. The fourth-order valence-corrected chi connectivity index (χ4v) is 1.85. The van der Waals surface area contributed by atoms with Gasteiger partial charge in [0, 0.05) is 0 Å². The van der Waals surface area contributed by atoms with Crippen LogP contribution in [0.2, 0.25) is 0 Å². The molecule has 1 aliphatic heterocycles. The summed E-state index contributed by atoms with van der Waals surface area (Å²) in [6.07, 6.45) is 1.99. The molecule has 1 N–H and O–H groups in total. The number of nitrogens with zero attached hydrogens (tertiary/aromatic N) is 2. The molecule has 80 valence electrons. The van der Waals surface area contributed by atoms with Crippen LogP contribution in [0.3, 0.4) is 0 Å². The fourth-order valence-electron chi connectivity index (χ4n) is 1.85. The molecule has 1 aromatic heterocycles. The summed E-state index contributed by atoms with van der Waals surface area (Å²) in [6, 6.07) is 7.52. The number of aromatic amines is 1. The van der Waals surface area contributed by atoms with Crippen LogP contribution < -0.4 is 4.74 Å². The second-order valence-electron chi connectivity index (χ2n) is 3.66. The molecule has 1 atom stereocenters. The van der Waals surface area contributed by atoms with Crippen LogP contribution in [-0.2, 0) is 11.2 Å². The minimum atomic E-state index is -0.377. The van der Waals surface area contributed by atoms with Crippen LogP contribution in [0, 0.1) is 0 Å². The molecule has 0 fully saturated rings. The number of fused-ring (bicyclic) bond motifs is 1. The maximum Gasteiger partial charge on any atom is 0.322 e. The number of hydrogen-bond acceptors (Lipinski definition) is 4. The Labute approximate surface area is 91.5 Å². The van der Waals surface area contributed by atoms with Crippen molar-refractivity contribution in [3.63, 3.8) is 0 Å². The molecule has 1 aliphatic rings. The van der Waals surface area contributed by atoms with Crippen LogP contribution in [-0.4, -0.2) is 21.2 Å². The molecule has 0 aliphatic carbocycles. The van der Waals surface area contributed by atoms with Gasteiger partial charge in [-0.25, -0.2) is 4.98 Å². The van der Waals surface area contributed by atoms with Gasteiger partial charge in [0.1, 0.15) is 23.8 Å². The number of carbonyl (C=O) groups is 1. The van der Waals surface area contributed by atoms with Gasteiger partial charge in [-0.1, -0.05) is 18.2 Å². The Hall–Kier alpha value is -2.17. The van der Waals surface area contributed by atoms with E-state index in [0.29, 0.717) is 18.0 Å². The normalized spacial score (nSPS) is 19.0. The standard InChI is InChI=1S/C11H9N3O2/c15-11-8(10-12-6-13-14-10)5-7-3-1-2-4-9(7)16-11/h1-4,6,8H,5H2,(H,12,13,14). The van der Waals surface area contributed by atoms with Crippen molar-refractivity contribution >= 4 is 5.97 Å². The molecule has 1 unspecified atom stereocenters. The highest BCUT2D eigenvalue weighted by Gasteiger charge is 2.31. The van der Waals surface area contributed by atoms with E-state index in [-0.39, 0.29) is 11.9 Å². The van der Waals surface area contributed by atoms with E-state index in [1.807, 2.05) is 18.2 Å². The molecule has 16 heavy (non-hydrogen) atoms. The average molecular weight is 215 g/mol. The maximum atomic E-state index is 11.7. The van der Waals surface area contributed by atoms with Crippen molar-refractivity contribution in [2.45, 2.75) is 12.3 Å². The molecule has 3 rings (SSSR count). The first-order valence-corrected chi connectivity index (χ1v) is 4.99. The number of nitrogens with one attached hydrogen (secondary N) is 1. The van der Waals surface area contributed by atoms with Crippen molar-refractivity contribution in [3.05, 3.63) is 42.0 Å². The number of H-pyrrole nitrogens is 1. The summed E-state index contributed by atoms with van der Waals surface area (Å²) >= 11 is 0. The van der Waals surface area contributed by atoms with E-state index in [2.05, 4.69) is 15.2 Å². The first-order chi connectivity index (χ1) is 7.84. The summed E-state index contributed by atoms with van der Waals surface area (Å²) < 4.78 is 5.24. The van der Waals surface area contributed by atoms with E-state index in [1.165, 1.54) is 6.33 Å². The van der Waals surface area contributed by atoms with Gasteiger partial charge in [0.2, 0.25) is 0 Å². The van der Waals surface area contributed by atoms with E-state index < -0.39 is 0 Å². The number of aromatic nitrogens is 3. The van der Waals surface area contributed by atoms with Crippen LogP contribution in [0.15, 0.2) is 30.6 Å². The Kier molecular flexibility index (Phi) is 1.96. The average Bonchev–Trinajstić information content (AvgIpc) is 2.81. The number of esters is 1. The van der Waals surface area contributed by atoms with Gasteiger partial charge in [0.05, 0.1) is 0 Å². The van der Waals surface area contributed by atoms with Crippen LogP contribution >= 0.6 is 0 Å². The zero-order valence-electron chi connectivity index (χ0n) is 8.38. The van der Waals surface area contributed by atoms with Gasteiger partial charge >= 0.3 is 5.97 Å². The molecule has 0 amide bonds. The van der Waals surface area contributed by atoms with E-state index in [9.17, 15) is 4.79 Å². The monoisotopic (exact) mass is 215 g/mol. The lowest BCUT2D eigenvalue weighted by Gasteiger charge is -2.21. The van der Waals surface area contributed by atoms with Crippen molar-refractivity contribution in [2.24, 2.45) is 0 Å². The highest BCUT2D eigenvalue weighted by Crippen LogP contribution is 2.31. The third-order valence-electron chi connectivity index (χ3n) is 2.66. The minimum absolute atomic E-state index is 0.282. The summed E-state index contributed by atoms with van der Waals surface area (Å²) in [5, 5.41) is 6.45. The Balaban J connectivity index is 1.98. The van der Waals surface area contributed by atoms with Crippen molar-refractivity contribution in [2.75, 3.05) is 0 Å². The lowest BCUT2D eigenvalue weighted by Crippen LogP contribution is -2.26. The minimum Gasteiger partial charge on any atom is -0.426 e. The predicted octanol–water partition coefficient (Wildman–Crippen LogP) is 1.05. The van der Waals surface area contributed by atoms with Crippen molar-refractivity contribution in [1.29, 1.82) is 0 Å². The molecule has 2 aromatic rings. The van der Waals surface area contributed by atoms with Crippen LogP contribution in [0.4, 0.5) is 0 Å². The zero-order chi connectivity index (χ0) is 11.0. The van der Waals surface area contributed by atoms with Crippen LogP contribution in [0.5, 0.6) is 5.75 Å². The number of benzene rings is 1. The largest absolute Gasteiger partial charge is 0.426 e. The molecule has 0 spiro atoms. The van der Waals surface area contributed by atoms with Crippen LogP contribution in [0.25, 0.3) is 0 Å². The maximum absolute atomic E-state index is 11.7. The van der Waals surface area contributed by atoms with Gasteiger partial charge in [0.25, 0.3) is 0 Å². The molecular formula is C11H9N3O2. The first-order valence-electron chi connectivity index (χ1n) is 4.99. The van der Waals surface area contributed by atoms with E-state index >= 15 is 0 Å². The molecule has 5 heteroatoms. The van der Waals surface area contributed by atoms with E-state index in [4.69, 9.17) is 4.74 Å². The number of rotatable bonds is 1. The second kappa shape index (κ2) is 3.44. The fraction of sp³-hybridized carbons (Fsp3) is 0.182. The zero-order valence-corrected chi connectivity index (χ0v) is 8.38. The molecule has 5 nitrogen and oxygen atoms in total. The summed E-state index contributed by atoms with van der Waals surface area (Å²) in [5.74, 6) is 0.538. The number of para-hydroxylation sites is 1. The summed E-state index contributed by atoms with van der Waals surface area (Å²) in [6.45, 7) is 0. The number of carbonyl (C=O) groups excluding carboxylic acids is 1. The SMILES string of the molecule is O=C1Oc2ccccc2CC1c1ncn[nH]1. The van der Waals surface area contributed by atoms with E-state index in [0.717, 1.165) is 5.56 Å². The summed E-state index contributed by atoms with van der Waals surface area (Å²) in [5.41, 5.74) is 1.02. The number of ether oxygens (including phenoxy) is 1. The first kappa shape index (κ1) is 9.08. The molecule has 0 radical (unpaired) electrons. The molecule has 0 saturated carbocycles. The molecular weight excluding hydrogens is 206 g/mol. The Bertz CT molecular complexity index is 522. The van der Waals surface area contributed by atoms with Gasteiger partial charge in [-0.2, -0.15) is 5.10 Å². The van der Waals surface area contributed by atoms with E-state index in [1.54, 1.807) is 6.07 Å². The van der Waals surface area contributed by atoms with Crippen LogP contribution in [0.1, 0.15) is 17.3 Å². The third kappa shape index (κ3) is 1.37. The Morgan fingerprint density at radius 2 is 2.25 bits per heavy atom. The number of hydrogen-bond donors (Lipinski definition) is 1. The van der Waals surface area contributed by atoms with Gasteiger partial charge in [0.15, 0.2) is 0 Å². The Morgan fingerprint density at radius 1 is 1.38 bits per heavy atom. The third-order valence-corrected chi connectivity index (χ3v) is 2.66. The molecule has 0 bridgehead atoms. The Morgan fingerprint density at radius 3 is 3.06 bits per heavy atom. The van der Waals surface area contributed by atoms with Gasteiger partial charge in [-0.05, 0) is 18.1 Å². The molecule has 1 aromatic carbocycles. The van der Waals surface area contributed by atoms with Crippen molar-refractivity contribution < 1.29 is 9.53 Å². The smallest absolute Gasteiger partial charge is 0.322 e. The highest BCUT2D eigenvalue weighted by atomic mass is 16.5.